The molecule has 0 bridgehead atoms. The van der Waals surface area contributed by atoms with Gasteiger partial charge in [-0.05, 0) is 72.5 Å². The molecule has 0 spiro atoms. The van der Waals surface area contributed by atoms with E-state index in [1.165, 1.54) is 6.07 Å². The van der Waals surface area contributed by atoms with E-state index in [0.29, 0.717) is 29.0 Å². The molecule has 38 heavy (non-hydrogen) atoms. The lowest BCUT2D eigenvalue weighted by Gasteiger charge is -2.06. The minimum atomic E-state index is -0.258. The van der Waals surface area contributed by atoms with Crippen LogP contribution in [0.25, 0.3) is 55.7 Å². The lowest BCUT2D eigenvalue weighted by atomic mass is 10.00. The van der Waals surface area contributed by atoms with Gasteiger partial charge >= 0.3 is 0 Å². The van der Waals surface area contributed by atoms with E-state index in [1.807, 2.05) is 62.4 Å². The zero-order chi connectivity index (χ0) is 26.2. The Morgan fingerprint density at radius 1 is 1.00 bits per heavy atom. The molecule has 0 aliphatic carbocycles. The van der Waals surface area contributed by atoms with Crippen molar-refractivity contribution in [3.05, 3.63) is 84.4 Å². The van der Waals surface area contributed by atoms with Gasteiger partial charge in [-0.25, -0.2) is 9.37 Å². The quantitative estimate of drug-likeness (QED) is 0.227. The summed E-state index contributed by atoms with van der Waals surface area (Å²) in [6, 6.07) is 18.7. The molecule has 0 saturated carbocycles. The molecule has 4 heterocycles. The molecular formula is C30H25FN6O. The summed E-state index contributed by atoms with van der Waals surface area (Å²) in [6.45, 7) is 3.85. The van der Waals surface area contributed by atoms with Gasteiger partial charge in [0.25, 0.3) is 0 Å². The number of nitrogens with zero attached hydrogens (tertiary/aromatic N) is 3. The Morgan fingerprint density at radius 3 is 2.74 bits per heavy atom. The highest BCUT2D eigenvalue weighted by molar-refractivity contribution is 6.00. The van der Waals surface area contributed by atoms with Crippen molar-refractivity contribution in [3.63, 3.8) is 0 Å². The highest BCUT2D eigenvalue weighted by Gasteiger charge is 2.16. The Labute approximate surface area is 218 Å². The number of fused-ring (bicyclic) bond motifs is 2. The molecule has 7 nitrogen and oxygen atoms in total. The van der Waals surface area contributed by atoms with E-state index in [2.05, 4.69) is 25.5 Å². The number of carbonyl (C=O) groups is 1. The van der Waals surface area contributed by atoms with Crippen molar-refractivity contribution in [2.45, 2.75) is 26.7 Å². The Balaban J connectivity index is 1.41. The molecule has 2 aromatic carbocycles. The number of hydrogen-bond acceptors (Lipinski definition) is 4. The second-order valence-corrected chi connectivity index (χ2v) is 9.39. The maximum atomic E-state index is 14.2. The van der Waals surface area contributed by atoms with E-state index < -0.39 is 0 Å². The highest BCUT2D eigenvalue weighted by Crippen LogP contribution is 2.35. The van der Waals surface area contributed by atoms with Gasteiger partial charge in [-0.2, -0.15) is 5.10 Å². The molecule has 6 rings (SSSR count). The van der Waals surface area contributed by atoms with E-state index in [1.54, 1.807) is 18.5 Å². The van der Waals surface area contributed by atoms with E-state index in [4.69, 9.17) is 4.98 Å². The summed E-state index contributed by atoms with van der Waals surface area (Å²) in [5.41, 5.74) is 8.67. The molecule has 3 N–H and O–H groups in total. The summed E-state index contributed by atoms with van der Waals surface area (Å²) in [4.78, 5) is 24.7. The molecule has 188 valence electrons. The number of rotatable bonds is 6. The largest absolute Gasteiger partial charge is 0.353 e. The minimum absolute atomic E-state index is 0.0430. The molecule has 0 aliphatic rings. The number of aromatic amines is 2. The Hall–Kier alpha value is -4.85. The van der Waals surface area contributed by atoms with Gasteiger partial charge in [-0.3, -0.25) is 14.9 Å². The van der Waals surface area contributed by atoms with E-state index >= 15 is 0 Å². The number of benzene rings is 2. The molecular weight excluding hydrogens is 479 g/mol. The fourth-order valence-electron chi connectivity index (χ4n) is 4.77. The number of nitrogens with one attached hydrogen (secondary N) is 3. The molecule has 0 fully saturated rings. The van der Waals surface area contributed by atoms with Crippen molar-refractivity contribution >= 4 is 33.5 Å². The molecule has 6 aromatic rings. The number of hydrogen-bond donors (Lipinski definition) is 3. The third kappa shape index (κ3) is 4.41. The smallest absolute Gasteiger partial charge is 0.224 e. The van der Waals surface area contributed by atoms with Gasteiger partial charge in [0, 0.05) is 29.1 Å². The van der Waals surface area contributed by atoms with Crippen molar-refractivity contribution in [1.29, 1.82) is 0 Å². The van der Waals surface area contributed by atoms with Crippen LogP contribution < -0.4 is 5.32 Å². The van der Waals surface area contributed by atoms with Crippen LogP contribution in [0, 0.1) is 12.7 Å². The third-order valence-electron chi connectivity index (χ3n) is 6.47. The first-order chi connectivity index (χ1) is 18.5. The average Bonchev–Trinajstić information content (AvgIpc) is 3.52. The number of H-pyrrole nitrogens is 2. The number of pyridine rings is 2. The third-order valence-corrected chi connectivity index (χ3v) is 6.47. The fraction of sp³-hybridized carbons (Fsp3) is 0.133. The predicted octanol–water partition coefficient (Wildman–Crippen LogP) is 7.02. The lowest BCUT2D eigenvalue weighted by Crippen LogP contribution is -2.10. The van der Waals surface area contributed by atoms with Crippen LogP contribution in [0.4, 0.5) is 10.1 Å². The molecule has 0 aliphatic heterocycles. The fourth-order valence-corrected chi connectivity index (χ4v) is 4.77. The van der Waals surface area contributed by atoms with E-state index in [9.17, 15) is 9.18 Å². The van der Waals surface area contributed by atoms with Crippen molar-refractivity contribution in [3.8, 4) is 33.8 Å². The predicted molar refractivity (Wildman–Crippen MR) is 148 cm³/mol. The van der Waals surface area contributed by atoms with Crippen molar-refractivity contribution in [2.24, 2.45) is 0 Å². The molecule has 0 radical (unpaired) electrons. The van der Waals surface area contributed by atoms with Gasteiger partial charge < -0.3 is 10.3 Å². The first-order valence-corrected chi connectivity index (χ1v) is 12.5. The monoisotopic (exact) mass is 504 g/mol. The second-order valence-electron chi connectivity index (χ2n) is 9.39. The number of carbonyl (C=O) groups excluding carboxylic acids is 1. The van der Waals surface area contributed by atoms with Crippen LogP contribution in [0.2, 0.25) is 0 Å². The van der Waals surface area contributed by atoms with Crippen molar-refractivity contribution < 1.29 is 9.18 Å². The van der Waals surface area contributed by atoms with Crippen molar-refractivity contribution in [1.82, 2.24) is 25.1 Å². The Kier molecular flexibility index (Phi) is 5.92. The maximum Gasteiger partial charge on any atom is 0.224 e. The summed E-state index contributed by atoms with van der Waals surface area (Å²) in [7, 11) is 0. The van der Waals surface area contributed by atoms with Gasteiger partial charge in [0.15, 0.2) is 0 Å². The van der Waals surface area contributed by atoms with Crippen LogP contribution >= 0.6 is 0 Å². The maximum absolute atomic E-state index is 14.2. The van der Waals surface area contributed by atoms with Crippen LogP contribution in [0.1, 0.15) is 25.3 Å². The Bertz CT molecular complexity index is 1800. The molecule has 0 unspecified atom stereocenters. The normalized spacial score (nSPS) is 11.3. The standard InChI is InChI=1S/C30H25FN6O/c1-3-5-28(38)33-21-13-19(15-32-16-21)24-8-9-26-29(35-24)30(37-36-26)27-14-23-22(6-4-7-25(23)34-27)18-10-17(2)11-20(31)12-18/h4,6-16,34H,3,5H2,1-2H3,(H,33,38)(H,36,37). The second kappa shape index (κ2) is 9.55. The first-order valence-electron chi connectivity index (χ1n) is 12.5. The lowest BCUT2D eigenvalue weighted by molar-refractivity contribution is -0.116. The van der Waals surface area contributed by atoms with Crippen molar-refractivity contribution in [2.75, 3.05) is 5.32 Å². The first kappa shape index (κ1) is 23.5. The van der Waals surface area contributed by atoms with E-state index in [0.717, 1.165) is 50.8 Å². The van der Waals surface area contributed by atoms with Crippen LogP contribution in [-0.2, 0) is 4.79 Å². The SMILES string of the molecule is CCCC(=O)Nc1cncc(-c2ccc3[nH]nc(-c4cc5c(-c6cc(C)cc(F)c6)cccc5[nH]4)c3n2)c1. The highest BCUT2D eigenvalue weighted by atomic mass is 19.1. The van der Waals surface area contributed by atoms with Crippen LogP contribution in [0.5, 0.6) is 0 Å². The van der Waals surface area contributed by atoms with E-state index in [-0.39, 0.29) is 11.7 Å². The number of aromatic nitrogens is 5. The van der Waals surface area contributed by atoms with Crippen LogP contribution in [-0.4, -0.2) is 31.1 Å². The summed E-state index contributed by atoms with van der Waals surface area (Å²) in [5, 5.41) is 11.5. The van der Waals surface area contributed by atoms with Crippen LogP contribution in [0.3, 0.4) is 0 Å². The molecule has 1 amide bonds. The molecule has 8 heteroatoms. The van der Waals surface area contributed by atoms with Gasteiger partial charge in [0.2, 0.25) is 5.91 Å². The minimum Gasteiger partial charge on any atom is -0.353 e. The summed E-state index contributed by atoms with van der Waals surface area (Å²) >= 11 is 0. The number of amides is 1. The molecule has 4 aromatic heterocycles. The summed E-state index contributed by atoms with van der Waals surface area (Å²) in [6.07, 6.45) is 4.58. The number of aryl methyl sites for hydroxylation is 1. The zero-order valence-corrected chi connectivity index (χ0v) is 21.0. The van der Waals surface area contributed by atoms with Gasteiger partial charge in [-0.15, -0.1) is 0 Å². The Morgan fingerprint density at radius 2 is 1.89 bits per heavy atom. The van der Waals surface area contributed by atoms with Gasteiger partial charge in [-0.1, -0.05) is 25.1 Å². The molecule has 0 saturated heterocycles. The molecule has 0 atom stereocenters. The summed E-state index contributed by atoms with van der Waals surface area (Å²) < 4.78 is 14.2. The van der Waals surface area contributed by atoms with Gasteiger partial charge in [0.1, 0.15) is 17.0 Å². The summed E-state index contributed by atoms with van der Waals surface area (Å²) in [5.74, 6) is -0.301. The number of anilines is 1. The average molecular weight is 505 g/mol. The van der Waals surface area contributed by atoms with Crippen LogP contribution in [0.15, 0.2) is 73.1 Å². The van der Waals surface area contributed by atoms with Gasteiger partial charge in [0.05, 0.1) is 28.8 Å². The number of halogens is 1. The zero-order valence-electron chi connectivity index (χ0n) is 21.0. The topological polar surface area (TPSA) is 99.4 Å².